The lowest BCUT2D eigenvalue weighted by atomic mass is 10.0. The van der Waals surface area contributed by atoms with E-state index in [1.54, 1.807) is 29.2 Å². The minimum atomic E-state index is -0.719. The third-order valence-corrected chi connectivity index (χ3v) is 7.01. The molecule has 0 aliphatic carbocycles. The fourth-order valence-electron chi connectivity index (χ4n) is 4.65. The summed E-state index contributed by atoms with van der Waals surface area (Å²) in [6, 6.07) is 23.3. The van der Waals surface area contributed by atoms with Crippen molar-refractivity contribution < 1.29 is 19.2 Å². The van der Waals surface area contributed by atoms with Crippen molar-refractivity contribution in [2.45, 2.75) is 38.8 Å². The quantitative estimate of drug-likeness (QED) is 0.338. The van der Waals surface area contributed by atoms with Gasteiger partial charge >= 0.3 is 0 Å². The molecule has 0 aromatic heterocycles. The van der Waals surface area contributed by atoms with Crippen LogP contribution in [-0.4, -0.2) is 52.6 Å². The van der Waals surface area contributed by atoms with Crippen LogP contribution < -0.4 is 5.32 Å². The van der Waals surface area contributed by atoms with E-state index in [9.17, 15) is 19.2 Å². The van der Waals surface area contributed by atoms with Gasteiger partial charge in [0, 0.05) is 36.9 Å². The Hall–Kier alpha value is -3.78. The molecule has 4 amide bonds. The van der Waals surface area contributed by atoms with Gasteiger partial charge in [0.25, 0.3) is 11.8 Å². The molecule has 0 bridgehead atoms. The summed E-state index contributed by atoms with van der Waals surface area (Å²) in [6.45, 7) is 2.68. The summed E-state index contributed by atoms with van der Waals surface area (Å²) in [5.74, 6) is -1.12. The van der Waals surface area contributed by atoms with Gasteiger partial charge in [0.1, 0.15) is 6.04 Å². The van der Waals surface area contributed by atoms with Crippen molar-refractivity contribution in [3.05, 3.63) is 106 Å². The smallest absolute Gasteiger partial charge is 0.261 e. The van der Waals surface area contributed by atoms with Crippen LogP contribution in [0.2, 0.25) is 0 Å². The minimum Gasteiger partial charge on any atom is -0.355 e. The van der Waals surface area contributed by atoms with Gasteiger partial charge in [-0.3, -0.25) is 24.1 Å². The third kappa shape index (κ3) is 6.37. The molecular weight excluding hydrogens is 546 g/mol. The summed E-state index contributed by atoms with van der Waals surface area (Å²) >= 11 is 3.48. The van der Waals surface area contributed by atoms with E-state index >= 15 is 0 Å². The predicted octanol–water partition coefficient (Wildman–Crippen LogP) is 4.60. The zero-order valence-corrected chi connectivity index (χ0v) is 22.8. The average molecular weight is 576 g/mol. The highest BCUT2D eigenvalue weighted by Gasteiger charge is 2.35. The van der Waals surface area contributed by atoms with Crippen LogP contribution in [0.15, 0.2) is 83.3 Å². The van der Waals surface area contributed by atoms with Crippen LogP contribution in [0.4, 0.5) is 0 Å². The van der Waals surface area contributed by atoms with Crippen molar-refractivity contribution in [2.75, 3.05) is 13.1 Å². The van der Waals surface area contributed by atoms with Crippen molar-refractivity contribution in [3.63, 3.8) is 0 Å². The first-order chi connectivity index (χ1) is 18.4. The van der Waals surface area contributed by atoms with Gasteiger partial charge in [-0.2, -0.15) is 0 Å². The highest BCUT2D eigenvalue weighted by molar-refractivity contribution is 9.10. The Kier molecular flexibility index (Phi) is 9.07. The monoisotopic (exact) mass is 575 g/mol. The second kappa shape index (κ2) is 12.6. The molecule has 3 aromatic carbocycles. The van der Waals surface area contributed by atoms with Gasteiger partial charge in [0.05, 0.1) is 11.1 Å². The first kappa shape index (κ1) is 27.3. The number of carbonyl (C=O) groups is 4. The van der Waals surface area contributed by atoms with E-state index < -0.39 is 6.04 Å². The molecule has 1 aliphatic heterocycles. The van der Waals surface area contributed by atoms with Gasteiger partial charge in [-0.25, -0.2) is 0 Å². The molecule has 38 heavy (non-hydrogen) atoms. The van der Waals surface area contributed by atoms with Crippen LogP contribution in [0.3, 0.4) is 0 Å². The number of halogens is 1. The summed E-state index contributed by atoms with van der Waals surface area (Å²) in [7, 11) is 0. The molecule has 0 saturated carbocycles. The number of likely N-dealkylation sites (N-methyl/N-ethyl adjacent to an activating group) is 1. The molecule has 1 aliphatic rings. The van der Waals surface area contributed by atoms with Gasteiger partial charge in [-0.1, -0.05) is 70.5 Å². The third-order valence-electron chi connectivity index (χ3n) is 6.51. The Morgan fingerprint density at radius 1 is 0.895 bits per heavy atom. The van der Waals surface area contributed by atoms with Crippen molar-refractivity contribution in [2.24, 2.45) is 0 Å². The summed E-state index contributed by atoms with van der Waals surface area (Å²) in [6.07, 6.45) is 0.754. The number of nitrogens with zero attached hydrogens (tertiary/aromatic N) is 2. The molecular formula is C30H30BrN3O4. The highest BCUT2D eigenvalue weighted by Crippen LogP contribution is 2.23. The maximum atomic E-state index is 13.7. The standard InChI is InChI=1S/C30H30BrN3O4/c1-2-32-28(36)26(19-21-10-4-3-5-11-21)34(20-22-12-8-13-23(31)18-22)27(35)16-9-17-33-29(37)24-14-6-7-15-25(24)30(33)38/h3-8,10-15,18,26H,2,9,16-17,19-20H2,1H3,(H,32,36)/t26-/m0/s1. The zero-order valence-electron chi connectivity index (χ0n) is 21.2. The van der Waals surface area contributed by atoms with Crippen molar-refractivity contribution >= 4 is 39.6 Å². The van der Waals surface area contributed by atoms with Crippen molar-refractivity contribution in [1.29, 1.82) is 0 Å². The highest BCUT2D eigenvalue weighted by atomic mass is 79.9. The first-order valence-corrected chi connectivity index (χ1v) is 13.5. The Balaban J connectivity index is 1.53. The molecule has 1 atom stereocenters. The topological polar surface area (TPSA) is 86.8 Å². The Labute approximate surface area is 231 Å². The fourth-order valence-corrected chi connectivity index (χ4v) is 5.10. The minimum absolute atomic E-state index is 0.0894. The average Bonchev–Trinajstić information content (AvgIpc) is 3.16. The Morgan fingerprint density at radius 3 is 2.16 bits per heavy atom. The first-order valence-electron chi connectivity index (χ1n) is 12.7. The normalized spacial score (nSPS) is 13.3. The molecule has 0 unspecified atom stereocenters. The van der Waals surface area contributed by atoms with E-state index in [1.165, 1.54) is 4.90 Å². The van der Waals surface area contributed by atoms with E-state index in [1.807, 2.05) is 61.5 Å². The number of benzene rings is 3. The maximum absolute atomic E-state index is 13.7. The fraction of sp³-hybridized carbons (Fsp3) is 0.267. The van der Waals surface area contributed by atoms with Crippen LogP contribution in [0, 0.1) is 0 Å². The summed E-state index contributed by atoms with van der Waals surface area (Å²) in [4.78, 5) is 55.1. The molecule has 0 fully saturated rings. The maximum Gasteiger partial charge on any atom is 0.261 e. The zero-order chi connectivity index (χ0) is 27.1. The number of hydrogen-bond donors (Lipinski definition) is 1. The van der Waals surface area contributed by atoms with Crippen LogP contribution in [0.25, 0.3) is 0 Å². The Morgan fingerprint density at radius 2 is 1.53 bits per heavy atom. The number of imide groups is 1. The van der Waals surface area contributed by atoms with Gasteiger partial charge in [0.15, 0.2) is 0 Å². The molecule has 4 rings (SSSR count). The number of hydrogen-bond acceptors (Lipinski definition) is 4. The van der Waals surface area contributed by atoms with Gasteiger partial charge in [0.2, 0.25) is 11.8 Å². The number of nitrogens with one attached hydrogen (secondary N) is 1. The molecule has 196 valence electrons. The molecule has 0 radical (unpaired) electrons. The molecule has 7 nitrogen and oxygen atoms in total. The van der Waals surface area contributed by atoms with E-state index in [4.69, 9.17) is 0 Å². The molecule has 0 spiro atoms. The largest absolute Gasteiger partial charge is 0.355 e. The van der Waals surface area contributed by atoms with Crippen LogP contribution in [0.5, 0.6) is 0 Å². The summed E-state index contributed by atoms with van der Waals surface area (Å²) in [5.41, 5.74) is 2.61. The van der Waals surface area contributed by atoms with Gasteiger partial charge in [-0.05, 0) is 48.7 Å². The molecule has 1 N–H and O–H groups in total. The lowest BCUT2D eigenvalue weighted by Crippen LogP contribution is -2.50. The van der Waals surface area contributed by atoms with E-state index in [0.717, 1.165) is 15.6 Å². The molecule has 0 saturated heterocycles. The number of fused-ring (bicyclic) bond motifs is 1. The second-order valence-electron chi connectivity index (χ2n) is 9.16. The predicted molar refractivity (Wildman–Crippen MR) is 148 cm³/mol. The van der Waals surface area contributed by atoms with E-state index in [0.29, 0.717) is 30.5 Å². The number of carbonyl (C=O) groups excluding carboxylic acids is 4. The lowest BCUT2D eigenvalue weighted by Gasteiger charge is -2.31. The molecule has 8 heteroatoms. The number of rotatable bonds is 11. The molecule has 1 heterocycles. The van der Waals surface area contributed by atoms with E-state index in [2.05, 4.69) is 21.2 Å². The van der Waals surface area contributed by atoms with E-state index in [-0.39, 0.29) is 43.1 Å². The van der Waals surface area contributed by atoms with Crippen molar-refractivity contribution in [3.8, 4) is 0 Å². The van der Waals surface area contributed by atoms with Crippen LogP contribution in [0.1, 0.15) is 51.6 Å². The Bertz CT molecular complexity index is 1290. The number of amides is 4. The molecule has 3 aromatic rings. The van der Waals surface area contributed by atoms with Crippen molar-refractivity contribution in [1.82, 2.24) is 15.1 Å². The van der Waals surface area contributed by atoms with Crippen LogP contribution in [-0.2, 0) is 22.6 Å². The summed E-state index contributed by atoms with van der Waals surface area (Å²) in [5, 5.41) is 2.88. The lowest BCUT2D eigenvalue weighted by molar-refractivity contribution is -0.141. The SMILES string of the molecule is CCNC(=O)[C@H](Cc1ccccc1)N(Cc1cccc(Br)c1)C(=O)CCCN1C(=O)c2ccccc2C1=O. The van der Waals surface area contributed by atoms with Gasteiger partial charge in [-0.15, -0.1) is 0 Å². The second-order valence-corrected chi connectivity index (χ2v) is 10.1. The van der Waals surface area contributed by atoms with Crippen LogP contribution >= 0.6 is 15.9 Å². The summed E-state index contributed by atoms with van der Waals surface area (Å²) < 4.78 is 0.880. The van der Waals surface area contributed by atoms with Gasteiger partial charge < -0.3 is 10.2 Å².